The van der Waals surface area contributed by atoms with Crippen molar-refractivity contribution in [2.24, 2.45) is 0 Å². The van der Waals surface area contributed by atoms with Crippen LogP contribution in [0.3, 0.4) is 0 Å². The predicted molar refractivity (Wildman–Crippen MR) is 109 cm³/mol. The summed E-state index contributed by atoms with van der Waals surface area (Å²) >= 11 is 3.51. The summed E-state index contributed by atoms with van der Waals surface area (Å²) in [5, 5.41) is 7.23. The van der Waals surface area contributed by atoms with Gasteiger partial charge in [0.25, 0.3) is 5.91 Å². The molecule has 7 heteroatoms. The van der Waals surface area contributed by atoms with Crippen molar-refractivity contribution in [1.29, 1.82) is 0 Å². The molecule has 6 nitrogen and oxygen atoms in total. The monoisotopic (exact) mass is 441 g/mol. The highest BCUT2D eigenvalue weighted by molar-refractivity contribution is 9.10. The first-order valence-corrected chi connectivity index (χ1v) is 9.47. The maximum Gasteiger partial charge on any atom is 0.333 e. The lowest BCUT2D eigenvalue weighted by molar-refractivity contribution is -0.143. The Kier molecular flexibility index (Phi) is 5.94. The molecule has 3 aromatic rings. The van der Waals surface area contributed by atoms with Crippen LogP contribution in [-0.4, -0.2) is 28.8 Å². The van der Waals surface area contributed by atoms with Gasteiger partial charge in [-0.05, 0) is 59.6 Å². The van der Waals surface area contributed by atoms with E-state index in [4.69, 9.17) is 4.74 Å². The molecule has 144 valence electrons. The van der Waals surface area contributed by atoms with Gasteiger partial charge in [0, 0.05) is 5.56 Å². The molecule has 0 fully saturated rings. The van der Waals surface area contributed by atoms with Crippen LogP contribution in [0.1, 0.15) is 33.4 Å². The maximum atomic E-state index is 12.7. The molecule has 0 aliphatic rings. The van der Waals surface area contributed by atoms with E-state index in [2.05, 4.69) is 26.3 Å². The lowest BCUT2D eigenvalue weighted by atomic mass is 10.1. The minimum absolute atomic E-state index is 0.361. The van der Waals surface area contributed by atoms with Crippen molar-refractivity contribution < 1.29 is 14.3 Å². The van der Waals surface area contributed by atoms with Crippen molar-refractivity contribution in [3.63, 3.8) is 0 Å². The van der Waals surface area contributed by atoms with Gasteiger partial charge in [-0.2, -0.15) is 5.10 Å². The van der Waals surface area contributed by atoms with Crippen molar-refractivity contribution in [3.05, 3.63) is 81.6 Å². The van der Waals surface area contributed by atoms with Crippen LogP contribution in [0.4, 0.5) is 0 Å². The number of nitrogens with zero attached hydrogens (tertiary/aromatic N) is 2. The molecule has 1 unspecified atom stereocenters. The summed E-state index contributed by atoms with van der Waals surface area (Å²) in [5.41, 5.74) is 3.81. The van der Waals surface area contributed by atoms with E-state index in [0.717, 1.165) is 21.5 Å². The van der Waals surface area contributed by atoms with E-state index in [1.165, 1.54) is 7.11 Å². The second kappa shape index (κ2) is 8.39. The van der Waals surface area contributed by atoms with Gasteiger partial charge in [-0.1, -0.05) is 30.3 Å². The third-order valence-electron chi connectivity index (χ3n) is 4.42. The summed E-state index contributed by atoms with van der Waals surface area (Å²) < 4.78 is 7.60. The highest BCUT2D eigenvalue weighted by atomic mass is 79.9. The molecular weight excluding hydrogens is 422 g/mol. The number of amides is 1. The highest BCUT2D eigenvalue weighted by Crippen LogP contribution is 2.23. The van der Waals surface area contributed by atoms with Gasteiger partial charge in [-0.3, -0.25) is 4.79 Å². The molecular formula is C21H20BrN3O3. The first-order chi connectivity index (χ1) is 13.4. The summed E-state index contributed by atoms with van der Waals surface area (Å²) in [7, 11) is 1.30. The predicted octanol–water partition coefficient (Wildman–Crippen LogP) is 3.90. The second-order valence-electron chi connectivity index (χ2n) is 6.28. The van der Waals surface area contributed by atoms with Crippen LogP contribution in [-0.2, 0) is 9.53 Å². The number of benzene rings is 2. The standard InChI is InChI=1S/C21H20BrN3O3/c1-13-18(22)14(2)25(24-13)17-11-9-16(10-12-17)20(26)23-19(21(27)28-3)15-7-5-4-6-8-15/h4-12,19H,1-3H3,(H,23,26). The average molecular weight is 442 g/mol. The van der Waals surface area contributed by atoms with Gasteiger partial charge >= 0.3 is 5.97 Å². The number of nitrogens with one attached hydrogen (secondary N) is 1. The highest BCUT2D eigenvalue weighted by Gasteiger charge is 2.24. The van der Waals surface area contributed by atoms with E-state index in [0.29, 0.717) is 11.1 Å². The van der Waals surface area contributed by atoms with Gasteiger partial charge in [-0.15, -0.1) is 0 Å². The minimum atomic E-state index is -0.870. The van der Waals surface area contributed by atoms with Crippen molar-refractivity contribution in [2.75, 3.05) is 7.11 Å². The Balaban J connectivity index is 1.82. The van der Waals surface area contributed by atoms with E-state index in [1.807, 2.05) is 36.7 Å². The van der Waals surface area contributed by atoms with Gasteiger partial charge in [0.2, 0.25) is 0 Å². The lowest BCUT2D eigenvalue weighted by Crippen LogP contribution is -2.34. The van der Waals surface area contributed by atoms with Gasteiger partial charge < -0.3 is 10.1 Å². The molecule has 1 amide bonds. The van der Waals surface area contributed by atoms with Gasteiger partial charge in [-0.25, -0.2) is 9.48 Å². The number of ether oxygens (including phenoxy) is 1. The van der Waals surface area contributed by atoms with E-state index >= 15 is 0 Å². The zero-order valence-corrected chi connectivity index (χ0v) is 17.4. The van der Waals surface area contributed by atoms with Crippen molar-refractivity contribution >= 4 is 27.8 Å². The van der Waals surface area contributed by atoms with E-state index in [-0.39, 0.29) is 5.91 Å². The van der Waals surface area contributed by atoms with E-state index < -0.39 is 12.0 Å². The largest absolute Gasteiger partial charge is 0.467 e. The minimum Gasteiger partial charge on any atom is -0.467 e. The van der Waals surface area contributed by atoms with Crippen LogP contribution in [0.15, 0.2) is 59.1 Å². The Hall–Kier alpha value is -2.93. The molecule has 0 bridgehead atoms. The van der Waals surface area contributed by atoms with Crippen LogP contribution < -0.4 is 5.32 Å². The molecule has 0 saturated heterocycles. The zero-order valence-electron chi connectivity index (χ0n) is 15.8. The SMILES string of the molecule is COC(=O)C(NC(=O)c1ccc(-n2nc(C)c(Br)c2C)cc1)c1ccccc1. The molecule has 0 saturated carbocycles. The van der Waals surface area contributed by atoms with Crippen LogP contribution in [0, 0.1) is 13.8 Å². The number of carbonyl (C=O) groups is 2. The van der Waals surface area contributed by atoms with Crippen molar-refractivity contribution in [2.45, 2.75) is 19.9 Å². The summed E-state index contributed by atoms with van der Waals surface area (Å²) in [6.45, 7) is 3.89. The normalized spacial score (nSPS) is 11.7. The summed E-state index contributed by atoms with van der Waals surface area (Å²) in [5.74, 6) is -0.885. The molecule has 0 radical (unpaired) electrons. The third-order valence-corrected chi connectivity index (χ3v) is 5.57. The molecule has 1 N–H and O–H groups in total. The Morgan fingerprint density at radius 1 is 1.07 bits per heavy atom. The fourth-order valence-corrected chi connectivity index (χ4v) is 3.13. The molecule has 1 atom stereocenters. The Bertz CT molecular complexity index is 998. The Morgan fingerprint density at radius 2 is 1.71 bits per heavy atom. The van der Waals surface area contributed by atoms with Crippen molar-refractivity contribution in [3.8, 4) is 5.69 Å². The van der Waals surface area contributed by atoms with Gasteiger partial charge in [0.05, 0.1) is 28.7 Å². The molecule has 0 spiro atoms. The van der Waals surface area contributed by atoms with Gasteiger partial charge in [0.1, 0.15) is 0 Å². The smallest absolute Gasteiger partial charge is 0.333 e. The number of rotatable bonds is 5. The van der Waals surface area contributed by atoms with Crippen molar-refractivity contribution in [1.82, 2.24) is 15.1 Å². The number of esters is 1. The Labute approximate surface area is 171 Å². The first-order valence-electron chi connectivity index (χ1n) is 8.68. The number of aryl methyl sites for hydroxylation is 1. The molecule has 2 aromatic carbocycles. The quantitative estimate of drug-likeness (QED) is 0.609. The Morgan fingerprint density at radius 3 is 2.25 bits per heavy atom. The van der Waals surface area contributed by atoms with E-state index in [1.54, 1.807) is 36.4 Å². The fraction of sp³-hybridized carbons (Fsp3) is 0.190. The number of carbonyl (C=O) groups excluding carboxylic acids is 2. The zero-order chi connectivity index (χ0) is 20.3. The second-order valence-corrected chi connectivity index (χ2v) is 7.08. The topological polar surface area (TPSA) is 73.2 Å². The summed E-state index contributed by atoms with van der Waals surface area (Å²) in [6.07, 6.45) is 0. The molecule has 0 aliphatic carbocycles. The third kappa shape index (κ3) is 3.99. The lowest BCUT2D eigenvalue weighted by Gasteiger charge is -2.17. The number of methoxy groups -OCH3 is 1. The van der Waals surface area contributed by atoms with E-state index in [9.17, 15) is 9.59 Å². The van der Waals surface area contributed by atoms with Crippen LogP contribution in [0.2, 0.25) is 0 Å². The number of hydrogen-bond acceptors (Lipinski definition) is 4. The molecule has 3 rings (SSSR count). The van der Waals surface area contributed by atoms with Crippen LogP contribution in [0.5, 0.6) is 0 Å². The molecule has 1 aromatic heterocycles. The van der Waals surface area contributed by atoms with Crippen LogP contribution >= 0.6 is 15.9 Å². The molecule has 1 heterocycles. The summed E-state index contributed by atoms with van der Waals surface area (Å²) in [6, 6.07) is 15.2. The fourth-order valence-electron chi connectivity index (χ4n) is 2.89. The first kappa shape index (κ1) is 19.8. The molecule has 28 heavy (non-hydrogen) atoms. The molecule has 0 aliphatic heterocycles. The van der Waals surface area contributed by atoms with Gasteiger partial charge in [0.15, 0.2) is 6.04 Å². The number of aromatic nitrogens is 2. The number of halogens is 1. The maximum absolute atomic E-state index is 12.7. The number of hydrogen-bond donors (Lipinski definition) is 1. The van der Waals surface area contributed by atoms with Crippen LogP contribution in [0.25, 0.3) is 5.69 Å². The average Bonchev–Trinajstić information content (AvgIpc) is 2.99. The summed E-state index contributed by atoms with van der Waals surface area (Å²) in [4.78, 5) is 24.8.